The summed E-state index contributed by atoms with van der Waals surface area (Å²) in [6, 6.07) is 16.9. The maximum absolute atomic E-state index is 13.9. The minimum Gasteiger partial charge on any atom is -0.508 e. The van der Waals surface area contributed by atoms with Crippen LogP contribution in [0.3, 0.4) is 0 Å². The van der Waals surface area contributed by atoms with E-state index in [9.17, 15) is 24.6 Å². The van der Waals surface area contributed by atoms with Gasteiger partial charge in [0.25, 0.3) is 11.8 Å². The van der Waals surface area contributed by atoms with Gasteiger partial charge in [0.1, 0.15) is 11.8 Å². The number of phenolic OH excluding ortho intramolecular Hbond substituents is 1. The average molecular weight is 631 g/mol. The quantitative estimate of drug-likeness (QED) is 0.272. The van der Waals surface area contributed by atoms with Gasteiger partial charge in [-0.15, -0.1) is 11.8 Å². The van der Waals surface area contributed by atoms with E-state index < -0.39 is 40.7 Å². The average Bonchev–Trinajstić information content (AvgIpc) is 3.28. The van der Waals surface area contributed by atoms with E-state index in [0.717, 1.165) is 5.56 Å². The van der Waals surface area contributed by atoms with Gasteiger partial charge >= 0.3 is 0 Å². The van der Waals surface area contributed by atoms with E-state index in [4.69, 9.17) is 23.2 Å². The Morgan fingerprint density at radius 3 is 2.33 bits per heavy atom. The Bertz CT molecular complexity index is 1450. The van der Waals surface area contributed by atoms with Gasteiger partial charge in [-0.05, 0) is 57.0 Å². The molecule has 4 N–H and O–H groups in total. The number of hydrogen-bond acceptors (Lipinski definition) is 6. The van der Waals surface area contributed by atoms with E-state index in [-0.39, 0.29) is 30.2 Å². The van der Waals surface area contributed by atoms with Crippen LogP contribution in [0.2, 0.25) is 10.0 Å². The van der Waals surface area contributed by atoms with Crippen molar-refractivity contribution < 1.29 is 24.6 Å². The third kappa shape index (κ3) is 7.03. The Labute approximate surface area is 259 Å². The SMILES string of the molecule is Cc1c(O)cccc1C(=O)N[C@@H](Cc1ccccc1)[C@H](O)C(=O)N1CSC(C)(C)[C@H]1C(=O)NCc1c(Cl)cccc1Cl. The molecular formula is C31H33Cl2N3O5S. The zero-order valence-corrected chi connectivity index (χ0v) is 25.8. The number of halogens is 2. The lowest BCUT2D eigenvalue weighted by molar-refractivity contribution is -0.147. The van der Waals surface area contributed by atoms with E-state index in [2.05, 4.69) is 10.6 Å². The van der Waals surface area contributed by atoms with E-state index in [1.165, 1.54) is 22.7 Å². The maximum Gasteiger partial charge on any atom is 0.254 e. The van der Waals surface area contributed by atoms with E-state index in [0.29, 0.717) is 21.2 Å². The van der Waals surface area contributed by atoms with Crippen LogP contribution < -0.4 is 10.6 Å². The molecule has 1 heterocycles. The highest BCUT2D eigenvalue weighted by Gasteiger charge is 2.49. The van der Waals surface area contributed by atoms with Crippen LogP contribution >= 0.6 is 35.0 Å². The normalized spacial score (nSPS) is 17.4. The topological polar surface area (TPSA) is 119 Å². The third-order valence-electron chi connectivity index (χ3n) is 7.38. The summed E-state index contributed by atoms with van der Waals surface area (Å²) in [5.41, 5.74) is 1.95. The maximum atomic E-state index is 13.9. The first-order chi connectivity index (χ1) is 19.9. The van der Waals surface area contributed by atoms with Crippen molar-refractivity contribution >= 4 is 52.7 Å². The fourth-order valence-electron chi connectivity index (χ4n) is 4.95. The van der Waals surface area contributed by atoms with Gasteiger partial charge in [-0.25, -0.2) is 0 Å². The summed E-state index contributed by atoms with van der Waals surface area (Å²) >= 11 is 14.0. The molecule has 3 atom stereocenters. The molecular weight excluding hydrogens is 597 g/mol. The highest BCUT2D eigenvalue weighted by atomic mass is 35.5. The molecule has 8 nitrogen and oxygen atoms in total. The lowest BCUT2D eigenvalue weighted by atomic mass is 9.96. The van der Waals surface area contributed by atoms with Gasteiger partial charge in [-0.2, -0.15) is 0 Å². The number of carbonyl (C=O) groups excluding carboxylic acids is 3. The van der Waals surface area contributed by atoms with Gasteiger partial charge in [-0.3, -0.25) is 14.4 Å². The molecule has 11 heteroatoms. The van der Waals surface area contributed by atoms with Gasteiger partial charge in [-0.1, -0.05) is 65.7 Å². The molecule has 4 rings (SSSR count). The Morgan fingerprint density at radius 1 is 1.02 bits per heavy atom. The number of aliphatic hydroxyl groups is 1. The zero-order valence-electron chi connectivity index (χ0n) is 23.4. The summed E-state index contributed by atoms with van der Waals surface area (Å²) in [5, 5.41) is 28.0. The molecule has 3 amide bonds. The monoisotopic (exact) mass is 629 g/mol. The number of phenols is 1. The molecule has 0 aromatic heterocycles. The highest BCUT2D eigenvalue weighted by molar-refractivity contribution is 8.00. The van der Waals surface area contributed by atoms with Crippen molar-refractivity contribution in [2.24, 2.45) is 0 Å². The number of aromatic hydroxyl groups is 1. The Balaban J connectivity index is 1.57. The van der Waals surface area contributed by atoms with Crippen molar-refractivity contribution in [3.63, 3.8) is 0 Å². The molecule has 42 heavy (non-hydrogen) atoms. The number of nitrogens with one attached hydrogen (secondary N) is 2. The number of nitrogens with zero attached hydrogens (tertiary/aromatic N) is 1. The predicted molar refractivity (Wildman–Crippen MR) is 166 cm³/mol. The number of benzene rings is 3. The molecule has 1 aliphatic rings. The van der Waals surface area contributed by atoms with Crippen LogP contribution in [0.15, 0.2) is 66.7 Å². The highest BCUT2D eigenvalue weighted by Crippen LogP contribution is 2.40. The number of aliphatic hydroxyl groups excluding tert-OH is 1. The lowest BCUT2D eigenvalue weighted by Gasteiger charge is -2.33. The van der Waals surface area contributed by atoms with Crippen molar-refractivity contribution in [2.45, 2.75) is 56.7 Å². The number of amides is 3. The van der Waals surface area contributed by atoms with Crippen molar-refractivity contribution in [3.05, 3.63) is 99.0 Å². The lowest BCUT2D eigenvalue weighted by Crippen LogP contribution is -2.58. The molecule has 0 saturated carbocycles. The molecule has 0 radical (unpaired) electrons. The van der Waals surface area contributed by atoms with Gasteiger partial charge in [0.2, 0.25) is 5.91 Å². The Hall–Kier alpha value is -3.24. The van der Waals surface area contributed by atoms with Crippen LogP contribution in [0.1, 0.15) is 40.9 Å². The first kappa shape index (κ1) is 31.7. The van der Waals surface area contributed by atoms with Crippen LogP contribution in [0.4, 0.5) is 0 Å². The summed E-state index contributed by atoms with van der Waals surface area (Å²) in [4.78, 5) is 42.0. The molecule has 1 saturated heterocycles. The van der Waals surface area contributed by atoms with Crippen molar-refractivity contribution in [3.8, 4) is 5.75 Å². The number of carbonyl (C=O) groups is 3. The van der Waals surface area contributed by atoms with Crippen LogP contribution in [0.25, 0.3) is 0 Å². The summed E-state index contributed by atoms with van der Waals surface area (Å²) < 4.78 is -0.666. The van der Waals surface area contributed by atoms with Crippen LogP contribution in [0, 0.1) is 6.92 Å². The third-order valence-corrected chi connectivity index (χ3v) is 9.46. The largest absolute Gasteiger partial charge is 0.508 e. The van der Waals surface area contributed by atoms with Crippen molar-refractivity contribution in [2.75, 3.05) is 5.88 Å². The second-order valence-corrected chi connectivity index (χ2v) is 13.1. The summed E-state index contributed by atoms with van der Waals surface area (Å²) in [7, 11) is 0. The molecule has 222 valence electrons. The van der Waals surface area contributed by atoms with E-state index in [1.807, 2.05) is 44.2 Å². The van der Waals surface area contributed by atoms with E-state index in [1.54, 1.807) is 37.3 Å². The van der Waals surface area contributed by atoms with Crippen molar-refractivity contribution in [1.82, 2.24) is 15.5 Å². The van der Waals surface area contributed by atoms with Gasteiger partial charge in [0.05, 0.1) is 11.9 Å². The predicted octanol–water partition coefficient (Wildman–Crippen LogP) is 4.71. The fraction of sp³-hybridized carbons (Fsp3) is 0.323. The number of hydrogen-bond donors (Lipinski definition) is 4. The zero-order chi connectivity index (χ0) is 30.6. The van der Waals surface area contributed by atoms with Gasteiger partial charge < -0.3 is 25.7 Å². The summed E-state index contributed by atoms with van der Waals surface area (Å²) in [6.45, 7) is 5.39. The van der Waals surface area contributed by atoms with Crippen molar-refractivity contribution in [1.29, 1.82) is 0 Å². The number of rotatable bonds is 9. The molecule has 1 fully saturated rings. The minimum absolute atomic E-state index is 0.0397. The first-order valence-electron chi connectivity index (χ1n) is 13.4. The molecule has 0 spiro atoms. The second-order valence-electron chi connectivity index (χ2n) is 10.7. The molecule has 0 bridgehead atoms. The van der Waals surface area contributed by atoms with Crippen LogP contribution in [-0.2, 0) is 22.6 Å². The molecule has 3 aromatic rings. The fourth-order valence-corrected chi connectivity index (χ4v) is 6.62. The van der Waals surface area contributed by atoms with Gasteiger partial charge in [0.15, 0.2) is 6.10 Å². The Morgan fingerprint density at radius 2 is 1.67 bits per heavy atom. The van der Waals surface area contributed by atoms with Crippen LogP contribution in [0.5, 0.6) is 5.75 Å². The molecule has 0 unspecified atom stereocenters. The van der Waals surface area contributed by atoms with Gasteiger partial charge in [0, 0.05) is 38.0 Å². The standard InChI is InChI=1S/C31H33Cl2N3O5S/c1-18-20(11-7-14-25(18)37)28(39)35-24(15-19-9-5-4-6-10-19)26(38)30(41)36-17-42-31(2,3)27(36)29(40)34-16-21-22(32)12-8-13-23(21)33/h4-14,24,26-27,37-38H,15-17H2,1-3H3,(H,34,40)(H,35,39)/t24-,26-,27+/m0/s1. The Kier molecular flexibility index (Phi) is 10.1. The number of thioether (sulfide) groups is 1. The molecule has 1 aliphatic heterocycles. The molecule has 0 aliphatic carbocycles. The summed E-state index contributed by atoms with van der Waals surface area (Å²) in [6.07, 6.45) is -1.50. The summed E-state index contributed by atoms with van der Waals surface area (Å²) in [5.74, 6) is -1.51. The van der Waals surface area contributed by atoms with E-state index >= 15 is 0 Å². The minimum atomic E-state index is -1.66. The smallest absolute Gasteiger partial charge is 0.254 e. The first-order valence-corrected chi connectivity index (χ1v) is 15.1. The molecule has 3 aromatic carbocycles. The van der Waals surface area contributed by atoms with Crippen LogP contribution in [-0.4, -0.2) is 61.6 Å². The second kappa shape index (κ2) is 13.4.